The number of nitrogens with zero attached hydrogens (tertiary/aromatic N) is 1. The number of rotatable bonds is 13. The van der Waals surface area contributed by atoms with Crippen molar-refractivity contribution in [2.24, 2.45) is 0 Å². The lowest BCUT2D eigenvalue weighted by molar-refractivity contribution is -0.141. The Morgan fingerprint density at radius 2 is 1.83 bits per heavy atom. The zero-order chi connectivity index (χ0) is 21.8. The Balaban J connectivity index is 2.12. The molecular formula is C26H43NO3. The van der Waals surface area contributed by atoms with Crippen molar-refractivity contribution >= 4 is 11.7 Å². The van der Waals surface area contributed by atoms with E-state index in [1.807, 2.05) is 0 Å². The average molecular weight is 418 g/mol. The highest BCUT2D eigenvalue weighted by Gasteiger charge is 2.26. The summed E-state index contributed by atoms with van der Waals surface area (Å²) in [4.78, 5) is 14.3. The van der Waals surface area contributed by atoms with Gasteiger partial charge in [-0.15, -0.1) is 0 Å². The maximum Gasteiger partial charge on any atom is 0.307 e. The minimum absolute atomic E-state index is 0.121. The third-order valence-corrected chi connectivity index (χ3v) is 6.61. The third kappa shape index (κ3) is 7.52. The Hall–Kier alpha value is -1.71. The number of piperidine rings is 1. The number of benzene rings is 1. The van der Waals surface area contributed by atoms with Crippen molar-refractivity contribution in [2.45, 2.75) is 103 Å². The minimum Gasteiger partial charge on any atom is -0.497 e. The normalized spacial score (nSPS) is 17.6. The summed E-state index contributed by atoms with van der Waals surface area (Å²) < 4.78 is 10.6. The number of anilines is 1. The van der Waals surface area contributed by atoms with Crippen LogP contribution in [0, 0.1) is 0 Å². The highest BCUT2D eigenvalue weighted by molar-refractivity contribution is 5.71. The van der Waals surface area contributed by atoms with E-state index in [1.165, 1.54) is 76.1 Å². The van der Waals surface area contributed by atoms with Crippen LogP contribution in [-0.4, -0.2) is 32.8 Å². The van der Waals surface area contributed by atoms with Crippen molar-refractivity contribution in [3.8, 4) is 5.75 Å². The van der Waals surface area contributed by atoms with Gasteiger partial charge < -0.3 is 14.4 Å². The molecule has 1 aliphatic rings. The maximum atomic E-state index is 11.9. The van der Waals surface area contributed by atoms with Gasteiger partial charge in [0.1, 0.15) is 5.75 Å². The molecule has 1 saturated heterocycles. The van der Waals surface area contributed by atoms with Gasteiger partial charge in [0.25, 0.3) is 0 Å². The standard InChI is InChI=1S/C26H43NO3/c1-5-7-8-9-10-11-14-21(6-2)22-17-24(19-25(18-22)29-3)27-16-13-12-15-23(27)20-26(28)30-4/h17-19,21,23H,5-16,20H2,1-4H3. The summed E-state index contributed by atoms with van der Waals surface area (Å²) in [5, 5.41) is 0. The number of ether oxygens (including phenoxy) is 2. The van der Waals surface area contributed by atoms with E-state index < -0.39 is 0 Å². The van der Waals surface area contributed by atoms with Gasteiger partial charge in [0.05, 0.1) is 20.6 Å². The highest BCUT2D eigenvalue weighted by Crippen LogP contribution is 2.35. The zero-order valence-electron chi connectivity index (χ0n) is 19.8. The molecule has 2 atom stereocenters. The molecule has 0 aromatic heterocycles. The molecular weight excluding hydrogens is 374 g/mol. The second kappa shape index (κ2) is 13.6. The van der Waals surface area contributed by atoms with E-state index in [4.69, 9.17) is 9.47 Å². The minimum atomic E-state index is -0.121. The van der Waals surface area contributed by atoms with Crippen molar-refractivity contribution in [3.05, 3.63) is 23.8 Å². The number of unbranched alkanes of at least 4 members (excludes halogenated alkanes) is 5. The molecule has 0 aliphatic carbocycles. The van der Waals surface area contributed by atoms with Gasteiger partial charge in [-0.2, -0.15) is 0 Å². The molecule has 1 heterocycles. The third-order valence-electron chi connectivity index (χ3n) is 6.61. The van der Waals surface area contributed by atoms with Crippen LogP contribution in [0.25, 0.3) is 0 Å². The van der Waals surface area contributed by atoms with E-state index >= 15 is 0 Å². The lowest BCUT2D eigenvalue weighted by Gasteiger charge is -2.37. The summed E-state index contributed by atoms with van der Waals surface area (Å²) >= 11 is 0. The smallest absolute Gasteiger partial charge is 0.307 e. The molecule has 1 aromatic rings. The molecule has 1 aliphatic heterocycles. The van der Waals surface area contributed by atoms with Crippen molar-refractivity contribution in [1.82, 2.24) is 0 Å². The fourth-order valence-electron chi connectivity index (χ4n) is 4.73. The van der Waals surface area contributed by atoms with Gasteiger partial charge in [0.2, 0.25) is 0 Å². The summed E-state index contributed by atoms with van der Waals surface area (Å²) in [5.74, 6) is 1.37. The van der Waals surface area contributed by atoms with E-state index in [2.05, 4.69) is 36.9 Å². The van der Waals surface area contributed by atoms with Crippen LogP contribution in [0.15, 0.2) is 18.2 Å². The molecule has 4 nitrogen and oxygen atoms in total. The Morgan fingerprint density at radius 1 is 1.07 bits per heavy atom. The lowest BCUT2D eigenvalue weighted by Crippen LogP contribution is -2.41. The van der Waals surface area contributed by atoms with Gasteiger partial charge in [0.15, 0.2) is 0 Å². The summed E-state index contributed by atoms with van der Waals surface area (Å²) in [5.41, 5.74) is 2.57. The first-order valence-corrected chi connectivity index (χ1v) is 12.1. The number of carbonyl (C=O) groups is 1. The second-order valence-corrected chi connectivity index (χ2v) is 8.75. The van der Waals surface area contributed by atoms with Crippen molar-refractivity contribution in [2.75, 3.05) is 25.7 Å². The van der Waals surface area contributed by atoms with Gasteiger partial charge in [-0.05, 0) is 55.7 Å². The van der Waals surface area contributed by atoms with E-state index in [0.29, 0.717) is 12.3 Å². The van der Waals surface area contributed by atoms with Gasteiger partial charge in [0, 0.05) is 24.3 Å². The SMILES string of the molecule is CCCCCCCCC(CC)c1cc(OC)cc(N2CCCCC2CC(=O)OC)c1. The highest BCUT2D eigenvalue weighted by atomic mass is 16.5. The van der Waals surface area contributed by atoms with Gasteiger partial charge >= 0.3 is 5.97 Å². The number of esters is 1. The Morgan fingerprint density at radius 3 is 2.53 bits per heavy atom. The largest absolute Gasteiger partial charge is 0.497 e. The monoisotopic (exact) mass is 417 g/mol. The van der Waals surface area contributed by atoms with Crippen LogP contribution in [0.1, 0.15) is 102 Å². The first kappa shape index (κ1) is 24.6. The first-order chi connectivity index (χ1) is 14.6. The summed E-state index contributed by atoms with van der Waals surface area (Å²) in [6, 6.07) is 6.92. The zero-order valence-corrected chi connectivity index (χ0v) is 19.8. The molecule has 0 amide bonds. The molecule has 0 saturated carbocycles. The number of carbonyl (C=O) groups excluding carboxylic acids is 1. The molecule has 170 valence electrons. The van der Waals surface area contributed by atoms with Crippen LogP contribution in [0.4, 0.5) is 5.69 Å². The Bertz CT molecular complexity index is 631. The van der Waals surface area contributed by atoms with E-state index in [0.717, 1.165) is 25.1 Å². The molecule has 0 N–H and O–H groups in total. The van der Waals surface area contributed by atoms with Crippen LogP contribution in [0.5, 0.6) is 5.75 Å². The van der Waals surface area contributed by atoms with Crippen LogP contribution in [-0.2, 0) is 9.53 Å². The molecule has 30 heavy (non-hydrogen) atoms. The molecule has 2 unspecified atom stereocenters. The fourth-order valence-corrected chi connectivity index (χ4v) is 4.73. The van der Waals surface area contributed by atoms with Crippen molar-refractivity contribution < 1.29 is 14.3 Å². The number of hydrogen-bond acceptors (Lipinski definition) is 4. The Kier molecular flexibility index (Phi) is 11.1. The molecule has 1 fully saturated rings. The molecule has 0 spiro atoms. The first-order valence-electron chi connectivity index (χ1n) is 12.1. The van der Waals surface area contributed by atoms with Gasteiger partial charge in [-0.25, -0.2) is 0 Å². The maximum absolute atomic E-state index is 11.9. The quantitative estimate of drug-likeness (QED) is 0.259. The van der Waals surface area contributed by atoms with Crippen molar-refractivity contribution in [1.29, 1.82) is 0 Å². The predicted molar refractivity (Wildman–Crippen MR) is 126 cm³/mol. The second-order valence-electron chi connectivity index (χ2n) is 8.75. The molecule has 0 bridgehead atoms. The summed E-state index contributed by atoms with van der Waals surface area (Å²) in [7, 11) is 3.23. The predicted octanol–water partition coefficient (Wildman–Crippen LogP) is 6.86. The van der Waals surface area contributed by atoms with E-state index in [9.17, 15) is 4.79 Å². The van der Waals surface area contributed by atoms with Crippen LogP contribution in [0.3, 0.4) is 0 Å². The van der Waals surface area contributed by atoms with Gasteiger partial charge in [-0.1, -0.05) is 52.4 Å². The topological polar surface area (TPSA) is 38.8 Å². The fraction of sp³-hybridized carbons (Fsp3) is 0.731. The molecule has 1 aromatic carbocycles. The number of hydrogen-bond donors (Lipinski definition) is 0. The number of methoxy groups -OCH3 is 2. The summed E-state index contributed by atoms with van der Waals surface area (Å²) in [6.45, 7) is 5.55. The van der Waals surface area contributed by atoms with Crippen LogP contribution >= 0.6 is 0 Å². The molecule has 0 radical (unpaired) electrons. The van der Waals surface area contributed by atoms with Crippen LogP contribution in [0.2, 0.25) is 0 Å². The van der Waals surface area contributed by atoms with E-state index in [-0.39, 0.29) is 12.0 Å². The molecule has 2 rings (SSSR count). The Labute approximate surface area is 184 Å². The van der Waals surface area contributed by atoms with E-state index in [1.54, 1.807) is 7.11 Å². The lowest BCUT2D eigenvalue weighted by atomic mass is 9.89. The molecule has 4 heteroatoms. The van der Waals surface area contributed by atoms with Crippen LogP contribution < -0.4 is 9.64 Å². The van der Waals surface area contributed by atoms with Gasteiger partial charge in [-0.3, -0.25) is 4.79 Å². The summed E-state index contributed by atoms with van der Waals surface area (Å²) in [6.07, 6.45) is 14.2. The van der Waals surface area contributed by atoms with Crippen molar-refractivity contribution in [3.63, 3.8) is 0 Å². The average Bonchev–Trinajstić information content (AvgIpc) is 2.78.